The third-order valence-electron chi connectivity index (χ3n) is 6.04. The van der Waals surface area contributed by atoms with Crippen LogP contribution in [-0.2, 0) is 16.1 Å². The van der Waals surface area contributed by atoms with Gasteiger partial charge in [-0.05, 0) is 80.6 Å². The Labute approximate surface area is 230 Å². The van der Waals surface area contributed by atoms with Gasteiger partial charge < -0.3 is 19.5 Å². The number of carbonyl (C=O) groups excluding carboxylic acids is 2. The van der Waals surface area contributed by atoms with Gasteiger partial charge in [0.2, 0.25) is 5.91 Å². The zero-order valence-electron chi connectivity index (χ0n) is 23.2. The molecule has 0 radical (unpaired) electrons. The van der Waals surface area contributed by atoms with Crippen LogP contribution < -0.4 is 20.2 Å². The highest BCUT2D eigenvalue weighted by Gasteiger charge is 2.19. The summed E-state index contributed by atoms with van der Waals surface area (Å²) in [6.45, 7) is 11.0. The molecule has 0 saturated carbocycles. The molecule has 0 fully saturated rings. The molecule has 2 N–H and O–H groups in total. The quantitative estimate of drug-likeness (QED) is 0.223. The van der Waals surface area contributed by atoms with Crippen LogP contribution in [0.3, 0.4) is 0 Å². The van der Waals surface area contributed by atoms with Gasteiger partial charge in [-0.15, -0.1) is 0 Å². The van der Waals surface area contributed by atoms with E-state index in [0.717, 1.165) is 16.7 Å². The molecule has 206 valence electrons. The number of nitrogens with zero attached hydrogens (tertiary/aromatic N) is 1. The Kier molecular flexibility index (Phi) is 10.9. The van der Waals surface area contributed by atoms with Gasteiger partial charge in [0.25, 0.3) is 0 Å². The van der Waals surface area contributed by atoms with Crippen LogP contribution in [0.4, 0.5) is 4.79 Å². The molecule has 0 bridgehead atoms. The van der Waals surface area contributed by atoms with Crippen LogP contribution in [0.5, 0.6) is 11.5 Å². The van der Waals surface area contributed by atoms with E-state index in [0.29, 0.717) is 24.7 Å². The number of alkyl carbamates (subject to hydrolysis) is 1. The predicted molar refractivity (Wildman–Crippen MR) is 152 cm³/mol. The van der Waals surface area contributed by atoms with E-state index in [9.17, 15) is 9.59 Å². The molecule has 39 heavy (non-hydrogen) atoms. The molecular weight excluding hydrogens is 494 g/mol. The first-order valence-corrected chi connectivity index (χ1v) is 13.1. The lowest BCUT2D eigenvalue weighted by atomic mass is 10.0. The van der Waals surface area contributed by atoms with Gasteiger partial charge >= 0.3 is 6.09 Å². The summed E-state index contributed by atoms with van der Waals surface area (Å²) >= 11 is 0. The first-order valence-electron chi connectivity index (χ1n) is 13.1. The fourth-order valence-electron chi connectivity index (χ4n) is 4.24. The Morgan fingerprint density at radius 2 is 1.62 bits per heavy atom. The lowest BCUT2D eigenvalue weighted by Crippen LogP contribution is -2.33. The molecule has 3 aromatic rings. The van der Waals surface area contributed by atoms with Crippen LogP contribution in [-0.4, -0.2) is 31.4 Å². The van der Waals surface area contributed by atoms with Crippen molar-refractivity contribution in [1.82, 2.24) is 10.7 Å². The number of benzene rings is 3. The topological polar surface area (TPSA) is 98.2 Å². The number of amides is 2. The number of nitrogens with one attached hydrogen (secondary N) is 2. The predicted octanol–water partition coefficient (Wildman–Crippen LogP) is 5.92. The Morgan fingerprint density at radius 1 is 0.897 bits per heavy atom. The Hall–Kier alpha value is -4.33. The summed E-state index contributed by atoms with van der Waals surface area (Å²) < 4.78 is 16.9. The first-order chi connectivity index (χ1) is 18.8. The van der Waals surface area contributed by atoms with Gasteiger partial charge in [-0.25, -0.2) is 10.2 Å². The van der Waals surface area contributed by atoms with Crippen molar-refractivity contribution in [2.45, 2.75) is 53.7 Å². The Balaban J connectivity index is 1.64. The highest BCUT2D eigenvalue weighted by atomic mass is 16.5. The van der Waals surface area contributed by atoms with Crippen LogP contribution in [0.25, 0.3) is 0 Å². The second kappa shape index (κ2) is 14.6. The SMILES string of the molecule is CCOC(=O)N[C@H](CC(=O)N/N=C\c1ccc(OCc2c(C)cc(C)cc2C)c(OCC)c1)c1ccccc1. The molecular formula is C31H37N3O5. The monoisotopic (exact) mass is 531 g/mol. The van der Waals surface area contributed by atoms with E-state index in [-0.39, 0.29) is 18.9 Å². The van der Waals surface area contributed by atoms with Gasteiger partial charge in [-0.1, -0.05) is 48.0 Å². The molecule has 0 saturated heterocycles. The summed E-state index contributed by atoms with van der Waals surface area (Å²) in [7, 11) is 0. The molecule has 0 aliphatic carbocycles. The fraction of sp³-hybridized carbons (Fsp3) is 0.323. The van der Waals surface area contributed by atoms with Crippen molar-refractivity contribution in [2.75, 3.05) is 13.2 Å². The molecule has 0 aliphatic rings. The van der Waals surface area contributed by atoms with Crippen molar-refractivity contribution in [1.29, 1.82) is 0 Å². The minimum atomic E-state index is -0.582. The molecule has 1 atom stereocenters. The van der Waals surface area contributed by atoms with E-state index in [1.54, 1.807) is 6.92 Å². The zero-order valence-corrected chi connectivity index (χ0v) is 23.2. The molecule has 3 rings (SSSR count). The highest BCUT2D eigenvalue weighted by molar-refractivity contribution is 5.83. The van der Waals surface area contributed by atoms with E-state index in [2.05, 4.69) is 48.7 Å². The molecule has 8 nitrogen and oxygen atoms in total. The molecule has 0 unspecified atom stereocenters. The van der Waals surface area contributed by atoms with Gasteiger partial charge in [0, 0.05) is 0 Å². The molecule has 0 aromatic heterocycles. The molecule has 2 amide bonds. The van der Waals surface area contributed by atoms with Crippen molar-refractivity contribution in [3.63, 3.8) is 0 Å². The smallest absolute Gasteiger partial charge is 0.407 e. The van der Waals surface area contributed by atoms with Gasteiger partial charge in [-0.3, -0.25) is 4.79 Å². The number of hydrogen-bond acceptors (Lipinski definition) is 6. The first kappa shape index (κ1) is 29.2. The summed E-state index contributed by atoms with van der Waals surface area (Å²) in [6.07, 6.45) is 0.949. The summed E-state index contributed by atoms with van der Waals surface area (Å²) in [6, 6.07) is 18.5. The molecule has 0 aliphatic heterocycles. The summed E-state index contributed by atoms with van der Waals surface area (Å²) in [5, 5.41) is 6.82. The van der Waals surface area contributed by atoms with E-state index in [1.165, 1.54) is 22.9 Å². The average Bonchev–Trinajstić information content (AvgIpc) is 2.89. The number of aryl methyl sites for hydroxylation is 3. The van der Waals surface area contributed by atoms with E-state index in [1.807, 2.05) is 55.5 Å². The molecule has 0 heterocycles. The molecule has 0 spiro atoms. The van der Waals surface area contributed by atoms with Crippen molar-refractivity contribution in [2.24, 2.45) is 5.10 Å². The molecule has 8 heteroatoms. The molecule has 3 aromatic carbocycles. The maximum absolute atomic E-state index is 12.6. The third kappa shape index (κ3) is 8.88. The van der Waals surface area contributed by atoms with Crippen LogP contribution in [0.1, 0.15) is 59.7 Å². The lowest BCUT2D eigenvalue weighted by Gasteiger charge is -2.18. The number of hydrazone groups is 1. The second-order valence-corrected chi connectivity index (χ2v) is 9.13. The number of carbonyl (C=O) groups is 2. The van der Waals surface area contributed by atoms with Gasteiger partial charge in [0.1, 0.15) is 6.61 Å². The van der Waals surface area contributed by atoms with Crippen molar-refractivity contribution in [3.8, 4) is 11.5 Å². The van der Waals surface area contributed by atoms with Gasteiger partial charge in [0.05, 0.1) is 31.9 Å². The number of rotatable bonds is 12. The normalized spacial score (nSPS) is 11.6. The van der Waals surface area contributed by atoms with Crippen LogP contribution in [0, 0.1) is 20.8 Å². The second-order valence-electron chi connectivity index (χ2n) is 9.13. The van der Waals surface area contributed by atoms with E-state index < -0.39 is 12.1 Å². The minimum absolute atomic E-state index is 0.00497. The highest BCUT2D eigenvalue weighted by Crippen LogP contribution is 2.30. The summed E-state index contributed by atoms with van der Waals surface area (Å²) in [5.74, 6) is 0.872. The van der Waals surface area contributed by atoms with Crippen molar-refractivity contribution >= 4 is 18.2 Å². The van der Waals surface area contributed by atoms with Crippen molar-refractivity contribution < 1.29 is 23.8 Å². The Morgan fingerprint density at radius 3 is 2.28 bits per heavy atom. The summed E-state index contributed by atoms with van der Waals surface area (Å²) in [5.41, 5.74) is 8.82. The van der Waals surface area contributed by atoms with Crippen LogP contribution in [0.15, 0.2) is 65.8 Å². The maximum atomic E-state index is 12.6. The average molecular weight is 532 g/mol. The van der Waals surface area contributed by atoms with Gasteiger partial charge in [0.15, 0.2) is 11.5 Å². The van der Waals surface area contributed by atoms with Crippen LogP contribution >= 0.6 is 0 Å². The number of ether oxygens (including phenoxy) is 3. The van der Waals surface area contributed by atoms with E-state index >= 15 is 0 Å². The largest absolute Gasteiger partial charge is 0.490 e. The van der Waals surface area contributed by atoms with E-state index in [4.69, 9.17) is 14.2 Å². The minimum Gasteiger partial charge on any atom is -0.490 e. The Bertz CT molecular complexity index is 1270. The number of hydrogen-bond donors (Lipinski definition) is 2. The van der Waals surface area contributed by atoms with Crippen LogP contribution in [0.2, 0.25) is 0 Å². The fourth-order valence-corrected chi connectivity index (χ4v) is 4.24. The van der Waals surface area contributed by atoms with Crippen molar-refractivity contribution in [3.05, 3.63) is 94.0 Å². The lowest BCUT2D eigenvalue weighted by molar-refractivity contribution is -0.121. The zero-order chi connectivity index (χ0) is 28.2. The summed E-state index contributed by atoms with van der Waals surface area (Å²) in [4.78, 5) is 24.6. The van der Waals surface area contributed by atoms with Gasteiger partial charge in [-0.2, -0.15) is 5.10 Å². The third-order valence-corrected chi connectivity index (χ3v) is 6.04. The maximum Gasteiger partial charge on any atom is 0.407 e. The standard InChI is InChI=1S/C31H37N3O5/c1-6-37-29-17-24(13-14-28(29)39-20-26-22(4)15-21(3)16-23(26)5)19-32-34-30(35)18-27(33-31(36)38-7-2)25-11-9-8-10-12-25/h8-17,19,27H,6-7,18,20H2,1-5H3,(H,33,36)(H,34,35)/b32-19-/t27-/m1/s1.